The zero-order valence-electron chi connectivity index (χ0n) is 8.93. The summed E-state index contributed by atoms with van der Waals surface area (Å²) in [6.07, 6.45) is 4.13. The second kappa shape index (κ2) is 4.54. The highest BCUT2D eigenvalue weighted by atomic mass is 32.2. The number of nitrogens with zero attached hydrogens (tertiary/aromatic N) is 3. The first-order valence-corrected chi connectivity index (χ1v) is 6.20. The SMILES string of the molecule is CNCc1nccnc1N(C)S(C)(=O)=O. The number of aromatic nitrogens is 2. The van der Waals surface area contributed by atoms with Gasteiger partial charge in [-0.1, -0.05) is 0 Å². The second-order valence-corrected chi connectivity index (χ2v) is 5.10. The topological polar surface area (TPSA) is 75.2 Å². The molecule has 84 valence electrons. The largest absolute Gasteiger partial charge is 0.314 e. The van der Waals surface area contributed by atoms with E-state index in [1.807, 2.05) is 0 Å². The third-order valence-corrected chi connectivity index (χ3v) is 3.06. The normalized spacial score (nSPS) is 11.4. The fourth-order valence-electron chi connectivity index (χ4n) is 1.07. The first kappa shape index (κ1) is 11.9. The Morgan fingerprint density at radius 2 is 2.00 bits per heavy atom. The summed E-state index contributed by atoms with van der Waals surface area (Å²) in [6, 6.07) is 0. The van der Waals surface area contributed by atoms with Gasteiger partial charge in [0.1, 0.15) is 0 Å². The van der Waals surface area contributed by atoms with Crippen molar-refractivity contribution >= 4 is 15.8 Å². The lowest BCUT2D eigenvalue weighted by atomic mass is 10.4. The number of hydrogen-bond acceptors (Lipinski definition) is 5. The van der Waals surface area contributed by atoms with E-state index >= 15 is 0 Å². The summed E-state index contributed by atoms with van der Waals surface area (Å²) < 4.78 is 23.8. The molecule has 6 nitrogen and oxygen atoms in total. The highest BCUT2D eigenvalue weighted by molar-refractivity contribution is 7.92. The molecule has 0 atom stereocenters. The Bertz CT molecular complexity index is 432. The molecule has 0 radical (unpaired) electrons. The molecule has 7 heteroatoms. The van der Waals surface area contributed by atoms with Crippen LogP contribution in [0.15, 0.2) is 12.4 Å². The zero-order chi connectivity index (χ0) is 11.5. The predicted octanol–water partition coefficient (Wildman–Crippen LogP) is -0.408. The maximum absolute atomic E-state index is 11.3. The lowest BCUT2D eigenvalue weighted by Crippen LogP contribution is -2.28. The molecule has 1 aromatic heterocycles. The minimum Gasteiger partial charge on any atom is -0.314 e. The van der Waals surface area contributed by atoms with E-state index in [1.54, 1.807) is 7.05 Å². The Kier molecular flexibility index (Phi) is 3.59. The molecule has 0 amide bonds. The predicted molar refractivity (Wildman–Crippen MR) is 58.0 cm³/mol. The summed E-state index contributed by atoms with van der Waals surface area (Å²) >= 11 is 0. The van der Waals surface area contributed by atoms with Crippen molar-refractivity contribution in [2.75, 3.05) is 24.7 Å². The molecular weight excluding hydrogens is 216 g/mol. The van der Waals surface area contributed by atoms with Crippen molar-refractivity contribution in [1.82, 2.24) is 15.3 Å². The highest BCUT2D eigenvalue weighted by Gasteiger charge is 2.17. The van der Waals surface area contributed by atoms with Gasteiger partial charge in [0.2, 0.25) is 10.0 Å². The van der Waals surface area contributed by atoms with Crippen LogP contribution in [0, 0.1) is 0 Å². The quantitative estimate of drug-likeness (QED) is 0.761. The van der Waals surface area contributed by atoms with Gasteiger partial charge in [-0.3, -0.25) is 9.29 Å². The minimum absolute atomic E-state index is 0.356. The highest BCUT2D eigenvalue weighted by Crippen LogP contribution is 2.15. The summed E-state index contributed by atoms with van der Waals surface area (Å²) in [4.78, 5) is 8.08. The molecule has 0 fully saturated rings. The molecule has 1 heterocycles. The monoisotopic (exact) mass is 230 g/mol. The van der Waals surface area contributed by atoms with Gasteiger partial charge in [0, 0.05) is 26.0 Å². The molecule has 0 bridgehead atoms. The van der Waals surface area contributed by atoms with E-state index < -0.39 is 10.0 Å². The average molecular weight is 230 g/mol. The molecule has 0 saturated heterocycles. The third-order valence-electron chi connectivity index (χ3n) is 1.89. The van der Waals surface area contributed by atoms with Crippen molar-refractivity contribution in [3.63, 3.8) is 0 Å². The number of anilines is 1. The first-order chi connectivity index (χ1) is 6.96. The minimum atomic E-state index is -3.29. The standard InChI is InChI=1S/C8H14N4O2S/c1-9-6-7-8(11-5-4-10-7)12(2)15(3,13)14/h4-5,9H,6H2,1-3H3. The number of rotatable bonds is 4. The smallest absolute Gasteiger partial charge is 0.233 e. The summed E-state index contributed by atoms with van der Waals surface area (Å²) in [5.74, 6) is 0.356. The molecule has 15 heavy (non-hydrogen) atoms. The van der Waals surface area contributed by atoms with Crippen LogP contribution in [0.25, 0.3) is 0 Å². The Morgan fingerprint density at radius 1 is 1.40 bits per heavy atom. The first-order valence-electron chi connectivity index (χ1n) is 4.35. The van der Waals surface area contributed by atoms with Crippen LogP contribution in [0.1, 0.15) is 5.69 Å². The van der Waals surface area contributed by atoms with Crippen molar-refractivity contribution in [1.29, 1.82) is 0 Å². The van der Waals surface area contributed by atoms with Crippen molar-refractivity contribution in [2.24, 2.45) is 0 Å². The van der Waals surface area contributed by atoms with Crippen LogP contribution in [-0.4, -0.2) is 38.7 Å². The summed E-state index contributed by atoms with van der Waals surface area (Å²) in [5.41, 5.74) is 0.605. The fourth-order valence-corrected chi connectivity index (χ4v) is 1.54. The van der Waals surface area contributed by atoms with Crippen LogP contribution in [0.2, 0.25) is 0 Å². The van der Waals surface area contributed by atoms with Gasteiger partial charge in [-0.25, -0.2) is 13.4 Å². The van der Waals surface area contributed by atoms with Crippen molar-refractivity contribution in [2.45, 2.75) is 6.54 Å². The van der Waals surface area contributed by atoms with Crippen LogP contribution in [-0.2, 0) is 16.6 Å². The fraction of sp³-hybridized carbons (Fsp3) is 0.500. The van der Waals surface area contributed by atoms with Crippen molar-refractivity contribution in [3.05, 3.63) is 18.1 Å². The molecule has 0 aromatic carbocycles. The second-order valence-electron chi connectivity index (χ2n) is 3.09. The zero-order valence-corrected chi connectivity index (χ0v) is 9.74. The van der Waals surface area contributed by atoms with Crippen LogP contribution in [0.3, 0.4) is 0 Å². The number of hydrogen-bond donors (Lipinski definition) is 1. The van der Waals surface area contributed by atoms with Gasteiger partial charge >= 0.3 is 0 Å². The molecule has 0 unspecified atom stereocenters. The Balaban J connectivity index is 3.13. The maximum atomic E-state index is 11.3. The van der Waals surface area contributed by atoms with Crippen molar-refractivity contribution < 1.29 is 8.42 Å². The van der Waals surface area contributed by atoms with E-state index in [-0.39, 0.29) is 0 Å². The molecule has 1 N–H and O–H groups in total. The number of sulfonamides is 1. The van der Waals surface area contributed by atoms with Crippen molar-refractivity contribution in [3.8, 4) is 0 Å². The van der Waals surface area contributed by atoms with Gasteiger partial charge < -0.3 is 5.32 Å². The molecular formula is C8H14N4O2S. The summed E-state index contributed by atoms with van der Waals surface area (Å²) in [7, 11) is -0.0740. The molecule has 1 aromatic rings. The van der Waals surface area contributed by atoms with Gasteiger partial charge in [-0.2, -0.15) is 0 Å². The van der Waals surface area contributed by atoms with Crippen LogP contribution in [0.5, 0.6) is 0 Å². The average Bonchev–Trinajstić information content (AvgIpc) is 2.17. The van der Waals surface area contributed by atoms with Crippen LogP contribution in [0.4, 0.5) is 5.82 Å². The van der Waals surface area contributed by atoms with Gasteiger partial charge in [-0.05, 0) is 7.05 Å². The van der Waals surface area contributed by atoms with E-state index in [0.717, 1.165) is 10.6 Å². The van der Waals surface area contributed by atoms with Crippen LogP contribution >= 0.6 is 0 Å². The number of nitrogens with one attached hydrogen (secondary N) is 1. The van der Waals surface area contributed by atoms with Crippen LogP contribution < -0.4 is 9.62 Å². The van der Waals surface area contributed by atoms with E-state index in [4.69, 9.17) is 0 Å². The van der Waals surface area contributed by atoms with E-state index in [2.05, 4.69) is 15.3 Å². The Morgan fingerprint density at radius 3 is 2.53 bits per heavy atom. The molecule has 0 aliphatic carbocycles. The van der Waals surface area contributed by atoms with Gasteiger partial charge in [0.15, 0.2) is 5.82 Å². The van der Waals surface area contributed by atoms with Gasteiger partial charge in [0.25, 0.3) is 0 Å². The Hall–Kier alpha value is -1.21. The van der Waals surface area contributed by atoms with E-state index in [0.29, 0.717) is 18.1 Å². The lowest BCUT2D eigenvalue weighted by Gasteiger charge is -2.17. The van der Waals surface area contributed by atoms with Gasteiger partial charge in [-0.15, -0.1) is 0 Å². The maximum Gasteiger partial charge on any atom is 0.233 e. The molecule has 0 aliphatic rings. The molecule has 0 saturated carbocycles. The van der Waals surface area contributed by atoms with E-state index in [1.165, 1.54) is 19.4 Å². The van der Waals surface area contributed by atoms with E-state index in [9.17, 15) is 8.42 Å². The summed E-state index contributed by atoms with van der Waals surface area (Å²) in [6.45, 7) is 0.475. The molecule has 1 rings (SSSR count). The lowest BCUT2D eigenvalue weighted by molar-refractivity contribution is 0.599. The summed E-state index contributed by atoms with van der Waals surface area (Å²) in [5, 5.41) is 2.91. The van der Waals surface area contributed by atoms with Gasteiger partial charge in [0.05, 0.1) is 11.9 Å². The Labute approximate surface area is 89.4 Å². The third kappa shape index (κ3) is 2.87. The molecule has 0 spiro atoms. The molecule has 0 aliphatic heterocycles.